The zero-order valence-corrected chi connectivity index (χ0v) is 13.1. The third-order valence-electron chi connectivity index (χ3n) is 3.56. The van der Waals surface area contributed by atoms with Crippen molar-refractivity contribution >= 4 is 40.4 Å². The third-order valence-corrected chi connectivity index (χ3v) is 3.64. The van der Waals surface area contributed by atoms with Gasteiger partial charge in [0.15, 0.2) is 0 Å². The van der Waals surface area contributed by atoms with Gasteiger partial charge in [-0.15, -0.1) is 4.89 Å². The number of carbonyl (C=O) groups excluding carboxylic acids is 1. The molecule has 124 valence electrons. The Morgan fingerprint density at radius 1 is 1.00 bits per heavy atom. The van der Waals surface area contributed by atoms with Crippen LogP contribution < -0.4 is 0 Å². The minimum atomic E-state index is -4.22. The Balaban J connectivity index is 1.86. The molecule has 0 aliphatic rings. The second kappa shape index (κ2) is 6.72. The van der Waals surface area contributed by atoms with Crippen LogP contribution in [0.3, 0.4) is 0 Å². The first-order valence-electron chi connectivity index (χ1n) is 6.96. The molecule has 0 heterocycles. The molecule has 4 nitrogen and oxygen atoms in total. The predicted molar refractivity (Wildman–Crippen MR) is 87.4 cm³/mol. The number of ether oxygens (including phenoxy) is 1. The van der Waals surface area contributed by atoms with E-state index in [2.05, 4.69) is 26.9 Å². The molecule has 0 bridgehead atoms. The van der Waals surface area contributed by atoms with E-state index in [1.807, 2.05) is 42.5 Å². The number of hydrogen-bond donors (Lipinski definition) is 1. The summed E-state index contributed by atoms with van der Waals surface area (Å²) in [4.78, 5) is 14.8. The van der Waals surface area contributed by atoms with Gasteiger partial charge < -0.3 is 4.74 Å². The fraction of sp³-hybridized carbons (Fsp3) is 0.118. The zero-order valence-electron chi connectivity index (χ0n) is 12.2. The summed E-state index contributed by atoms with van der Waals surface area (Å²) in [5.41, 5.74) is 0.579. The van der Waals surface area contributed by atoms with E-state index in [-0.39, 0.29) is 6.61 Å². The molecular weight excluding hydrogens is 338 g/mol. The van der Waals surface area contributed by atoms with Crippen LogP contribution in [0, 0.1) is 0 Å². The molecule has 3 rings (SSSR count). The molecule has 0 N–H and O–H groups in total. The van der Waals surface area contributed by atoms with Crippen LogP contribution in [0.15, 0.2) is 54.6 Å². The summed E-state index contributed by atoms with van der Waals surface area (Å²) in [7, 11) is 0. The van der Waals surface area contributed by atoms with Gasteiger partial charge in [0.05, 0.1) is 0 Å². The molecule has 0 fully saturated rings. The molecule has 0 radical (unpaired) electrons. The third kappa shape index (κ3) is 3.33. The lowest BCUT2D eigenvalue weighted by atomic mass is 10.0. The van der Waals surface area contributed by atoms with Gasteiger partial charge in [0.25, 0.3) is 0 Å². The van der Waals surface area contributed by atoms with Gasteiger partial charge in [-0.05, 0) is 33.2 Å². The van der Waals surface area contributed by atoms with Crippen LogP contribution in [0.5, 0.6) is 0 Å². The zero-order chi connectivity index (χ0) is 17.2. The lowest BCUT2D eigenvalue weighted by Gasteiger charge is -2.13. The minimum Gasteiger partial charge on any atom is -0.454 e. The number of halogens is 2. The molecule has 0 saturated heterocycles. The fourth-order valence-electron chi connectivity index (χ4n) is 2.45. The Labute approximate surface area is 141 Å². The molecule has 3 aromatic rings. The fourth-order valence-corrected chi connectivity index (χ4v) is 2.55. The van der Waals surface area contributed by atoms with Gasteiger partial charge in [-0.3, -0.25) is 0 Å². The van der Waals surface area contributed by atoms with Crippen LogP contribution in [0.4, 0.5) is 8.78 Å². The summed E-state index contributed by atoms with van der Waals surface area (Å²) in [6.07, 6.45) is -4.22. The Kier molecular flexibility index (Phi) is 4.66. The first kappa shape index (κ1) is 16.6. The van der Waals surface area contributed by atoms with Crippen molar-refractivity contribution in [1.29, 1.82) is 0 Å². The number of fused-ring (bicyclic) bond motifs is 3. The van der Waals surface area contributed by atoms with Crippen LogP contribution in [-0.4, -0.2) is 12.1 Å². The summed E-state index contributed by atoms with van der Waals surface area (Å²) in [6.45, 7) is -0.316. The molecule has 0 saturated carbocycles. The molecule has 24 heavy (non-hydrogen) atoms. The number of alkyl halides is 2. The van der Waals surface area contributed by atoms with Crippen molar-refractivity contribution in [3.8, 4) is 0 Å². The average Bonchev–Trinajstić information content (AvgIpc) is 2.59. The molecule has 0 atom stereocenters. The number of hydrogen-bond acceptors (Lipinski definition) is 5. The van der Waals surface area contributed by atoms with E-state index < -0.39 is 12.1 Å². The summed E-state index contributed by atoms with van der Waals surface area (Å²) < 4.78 is 34.3. The number of thiol groups is 1. The molecule has 0 aliphatic carbocycles. The lowest BCUT2D eigenvalue weighted by molar-refractivity contribution is -0.369. The van der Waals surface area contributed by atoms with E-state index in [0.717, 1.165) is 21.5 Å². The number of carbonyl (C=O) groups is 1. The quantitative estimate of drug-likeness (QED) is 0.185. The molecule has 3 aromatic carbocycles. The summed E-state index contributed by atoms with van der Waals surface area (Å²) in [5, 5.41) is 4.04. The second-order valence-corrected chi connectivity index (χ2v) is 5.24. The molecule has 0 amide bonds. The van der Waals surface area contributed by atoms with Crippen LogP contribution in [0.25, 0.3) is 21.5 Å². The summed E-state index contributed by atoms with van der Waals surface area (Å²) in [6, 6.07) is 17.1. The van der Waals surface area contributed by atoms with Gasteiger partial charge in [-0.25, -0.2) is 4.79 Å². The van der Waals surface area contributed by atoms with E-state index in [1.54, 1.807) is 12.1 Å². The van der Waals surface area contributed by atoms with E-state index in [4.69, 9.17) is 0 Å². The molecule has 0 spiro atoms. The first-order chi connectivity index (χ1) is 11.5. The van der Waals surface area contributed by atoms with Crippen molar-refractivity contribution in [1.82, 2.24) is 0 Å². The van der Waals surface area contributed by atoms with E-state index >= 15 is 0 Å². The van der Waals surface area contributed by atoms with Gasteiger partial charge in [0.1, 0.15) is 6.61 Å². The van der Waals surface area contributed by atoms with Crippen molar-refractivity contribution in [2.24, 2.45) is 0 Å². The Morgan fingerprint density at radius 2 is 1.67 bits per heavy atom. The van der Waals surface area contributed by atoms with Crippen LogP contribution in [0.1, 0.15) is 5.56 Å². The van der Waals surface area contributed by atoms with Crippen LogP contribution >= 0.6 is 12.9 Å². The SMILES string of the molecule is O=C(OCc1ccc2ccc3ccccc3c2c1)C(F)(F)OOS. The predicted octanol–water partition coefficient (Wildman–Crippen LogP) is 4.42. The average molecular weight is 350 g/mol. The highest BCUT2D eigenvalue weighted by Gasteiger charge is 2.44. The Morgan fingerprint density at radius 3 is 2.42 bits per heavy atom. The molecule has 0 aliphatic heterocycles. The maximum absolute atomic E-state index is 13.1. The van der Waals surface area contributed by atoms with Gasteiger partial charge in [-0.2, -0.15) is 13.1 Å². The van der Waals surface area contributed by atoms with Crippen LogP contribution in [-0.2, 0) is 25.4 Å². The Hall–Kier alpha value is -2.22. The first-order valence-corrected chi connectivity index (χ1v) is 7.32. The van der Waals surface area contributed by atoms with Crippen molar-refractivity contribution in [3.63, 3.8) is 0 Å². The molecule has 0 unspecified atom stereocenters. The maximum atomic E-state index is 13.1. The van der Waals surface area contributed by atoms with Crippen molar-refractivity contribution in [3.05, 3.63) is 60.2 Å². The summed E-state index contributed by atoms with van der Waals surface area (Å²) in [5.74, 6) is -1.85. The van der Waals surface area contributed by atoms with Crippen molar-refractivity contribution in [2.75, 3.05) is 0 Å². The van der Waals surface area contributed by atoms with Gasteiger partial charge >= 0.3 is 12.1 Å². The number of esters is 1. The lowest BCUT2D eigenvalue weighted by Crippen LogP contribution is -2.33. The molecule has 7 heteroatoms. The highest BCUT2D eigenvalue weighted by molar-refractivity contribution is 7.74. The van der Waals surface area contributed by atoms with E-state index in [1.165, 1.54) is 0 Å². The highest BCUT2D eigenvalue weighted by atomic mass is 32.1. The second-order valence-electron chi connectivity index (χ2n) is 5.09. The monoisotopic (exact) mass is 350 g/mol. The normalized spacial score (nSPS) is 11.8. The standard InChI is InChI=1S/C17H12F2O4S/c18-17(19,22-23-24)16(20)21-10-11-5-6-13-8-7-12-3-1-2-4-14(12)15(13)9-11/h1-9,24H,10H2. The topological polar surface area (TPSA) is 44.8 Å². The largest absolute Gasteiger partial charge is 0.483 e. The molecular formula is C17H12F2O4S. The minimum absolute atomic E-state index is 0.316. The molecule has 0 aromatic heterocycles. The van der Waals surface area contributed by atoms with Crippen molar-refractivity contribution in [2.45, 2.75) is 12.7 Å². The van der Waals surface area contributed by atoms with Gasteiger partial charge in [-0.1, -0.05) is 48.5 Å². The van der Waals surface area contributed by atoms with Gasteiger partial charge in [0, 0.05) is 12.9 Å². The maximum Gasteiger partial charge on any atom is 0.483 e. The number of rotatable bonds is 5. The summed E-state index contributed by atoms with van der Waals surface area (Å²) >= 11 is 3.01. The van der Waals surface area contributed by atoms with Crippen molar-refractivity contribution < 1.29 is 27.5 Å². The van der Waals surface area contributed by atoms with E-state index in [9.17, 15) is 13.6 Å². The smallest absolute Gasteiger partial charge is 0.454 e. The van der Waals surface area contributed by atoms with Gasteiger partial charge in [0.2, 0.25) is 0 Å². The number of benzene rings is 3. The Bertz CT molecular complexity index is 898. The highest BCUT2D eigenvalue weighted by Crippen LogP contribution is 2.27. The van der Waals surface area contributed by atoms with E-state index in [0.29, 0.717) is 5.56 Å². The van der Waals surface area contributed by atoms with Crippen LogP contribution in [0.2, 0.25) is 0 Å².